The van der Waals surface area contributed by atoms with Gasteiger partial charge < -0.3 is 24.1 Å². The predicted octanol–water partition coefficient (Wildman–Crippen LogP) is 4.03. The molecule has 3 rings (SSSR count). The number of benzene rings is 1. The number of anilines is 1. The van der Waals surface area contributed by atoms with Crippen molar-refractivity contribution in [1.29, 1.82) is 0 Å². The Morgan fingerprint density at radius 1 is 1.14 bits per heavy atom. The van der Waals surface area contributed by atoms with Gasteiger partial charge in [-0.15, -0.1) is 21.5 Å². The van der Waals surface area contributed by atoms with Gasteiger partial charge in [0.1, 0.15) is 22.2 Å². The van der Waals surface area contributed by atoms with Crippen LogP contribution in [-0.4, -0.2) is 52.6 Å². The number of methoxy groups -OCH3 is 2. The minimum absolute atomic E-state index is 0.0122. The molecule has 0 saturated heterocycles. The van der Waals surface area contributed by atoms with E-state index in [0.29, 0.717) is 27.3 Å². The van der Waals surface area contributed by atoms with E-state index in [1.54, 1.807) is 24.6 Å². The Morgan fingerprint density at radius 2 is 1.86 bits per heavy atom. The molecule has 0 atom stereocenters. The largest absolute Gasteiger partial charge is 0.484 e. The molecule has 0 spiro atoms. The number of thiophene rings is 1. The summed E-state index contributed by atoms with van der Waals surface area (Å²) in [6, 6.07) is 5.48. The molecule has 186 valence electrons. The zero-order valence-electron chi connectivity index (χ0n) is 19.6. The van der Waals surface area contributed by atoms with Crippen LogP contribution in [0.15, 0.2) is 23.4 Å². The summed E-state index contributed by atoms with van der Waals surface area (Å²) in [5.41, 5.74) is 1.51. The van der Waals surface area contributed by atoms with Gasteiger partial charge in [0.2, 0.25) is 5.91 Å². The van der Waals surface area contributed by atoms with Crippen LogP contribution in [0.5, 0.6) is 5.75 Å². The molecule has 10 nitrogen and oxygen atoms in total. The molecule has 1 amide bonds. The zero-order chi connectivity index (χ0) is 25.7. The number of hydrogen-bond donors (Lipinski definition) is 1. The minimum Gasteiger partial charge on any atom is -0.484 e. The Labute approximate surface area is 214 Å². The smallest absolute Gasteiger partial charge is 0.348 e. The molecule has 35 heavy (non-hydrogen) atoms. The Hall–Kier alpha value is -3.09. The molecule has 0 radical (unpaired) electrons. The van der Waals surface area contributed by atoms with E-state index in [2.05, 4.69) is 15.5 Å². The average Bonchev–Trinajstić information content (AvgIpc) is 3.35. The van der Waals surface area contributed by atoms with Gasteiger partial charge in [-0.25, -0.2) is 9.59 Å². The van der Waals surface area contributed by atoms with Crippen molar-refractivity contribution in [3.05, 3.63) is 50.6 Å². The van der Waals surface area contributed by atoms with E-state index in [1.807, 2.05) is 19.1 Å². The van der Waals surface area contributed by atoms with E-state index >= 15 is 0 Å². The first-order chi connectivity index (χ1) is 16.7. The Bertz CT molecular complexity index is 1270. The van der Waals surface area contributed by atoms with Gasteiger partial charge in [0.15, 0.2) is 11.0 Å². The molecule has 1 N–H and O–H groups in total. The third-order valence-corrected chi connectivity index (χ3v) is 7.38. The van der Waals surface area contributed by atoms with Gasteiger partial charge in [-0.05, 0) is 37.1 Å². The van der Waals surface area contributed by atoms with Crippen LogP contribution >= 0.6 is 34.7 Å². The third kappa shape index (κ3) is 6.13. The second kappa shape index (κ2) is 11.6. The molecular formula is C22H23ClN4O6S2. The second-order valence-electron chi connectivity index (χ2n) is 7.26. The first kappa shape index (κ1) is 26.5. The first-order valence-corrected chi connectivity index (χ1v) is 12.3. The number of hydrogen-bond acceptors (Lipinski definition) is 10. The quantitative estimate of drug-likeness (QED) is 0.318. The van der Waals surface area contributed by atoms with Crippen LogP contribution in [0.25, 0.3) is 0 Å². The highest BCUT2D eigenvalue weighted by Gasteiger charge is 2.27. The summed E-state index contributed by atoms with van der Waals surface area (Å²) in [6.07, 6.45) is 0. The molecule has 0 aliphatic rings. The predicted molar refractivity (Wildman–Crippen MR) is 133 cm³/mol. The number of aryl methyl sites for hydroxylation is 1. The molecule has 0 bridgehead atoms. The first-order valence-electron chi connectivity index (χ1n) is 10.2. The highest BCUT2D eigenvalue weighted by atomic mass is 35.5. The fourth-order valence-corrected chi connectivity index (χ4v) is 5.02. The number of esters is 2. The van der Waals surface area contributed by atoms with Gasteiger partial charge in [-0.1, -0.05) is 29.4 Å². The monoisotopic (exact) mass is 538 g/mol. The molecular weight excluding hydrogens is 516 g/mol. The number of ether oxygens (including phenoxy) is 3. The number of rotatable bonds is 9. The molecule has 2 aromatic heterocycles. The molecule has 0 aliphatic carbocycles. The number of carbonyl (C=O) groups is 3. The van der Waals surface area contributed by atoms with Gasteiger partial charge in [0, 0.05) is 7.05 Å². The molecule has 3 aromatic rings. The molecule has 0 unspecified atom stereocenters. The fraction of sp³-hybridized carbons (Fsp3) is 0.318. The van der Waals surface area contributed by atoms with E-state index < -0.39 is 17.8 Å². The standard InChI is InChI=1S/C22H23ClN4O6S2/c1-11-6-7-13(23)14(8-11)33-9-15-25-26-22(27(15)3)34-10-16(28)24-19-17(20(29)31-4)12(2)18(35-19)21(30)32-5/h6-8H,9-10H2,1-5H3,(H,24,28). The van der Waals surface area contributed by atoms with Crippen molar-refractivity contribution >= 4 is 57.5 Å². The lowest BCUT2D eigenvalue weighted by molar-refractivity contribution is -0.113. The zero-order valence-corrected chi connectivity index (χ0v) is 22.0. The van der Waals surface area contributed by atoms with Crippen molar-refractivity contribution in [3.63, 3.8) is 0 Å². The molecule has 13 heteroatoms. The molecule has 0 fully saturated rings. The summed E-state index contributed by atoms with van der Waals surface area (Å²) >= 11 is 8.27. The van der Waals surface area contributed by atoms with Crippen LogP contribution < -0.4 is 10.1 Å². The van der Waals surface area contributed by atoms with E-state index in [-0.39, 0.29) is 27.8 Å². The highest BCUT2D eigenvalue weighted by molar-refractivity contribution is 7.99. The van der Waals surface area contributed by atoms with Crippen molar-refractivity contribution in [1.82, 2.24) is 14.8 Å². The van der Waals surface area contributed by atoms with Crippen molar-refractivity contribution in [2.24, 2.45) is 7.05 Å². The van der Waals surface area contributed by atoms with Crippen LogP contribution in [-0.2, 0) is 27.9 Å². The van der Waals surface area contributed by atoms with Gasteiger partial charge >= 0.3 is 11.9 Å². The molecule has 2 heterocycles. The summed E-state index contributed by atoms with van der Waals surface area (Å²) < 4.78 is 17.0. The number of thioether (sulfide) groups is 1. The second-order valence-corrected chi connectivity index (χ2v) is 9.63. The normalized spacial score (nSPS) is 10.7. The summed E-state index contributed by atoms with van der Waals surface area (Å²) in [5.74, 6) is -0.582. The minimum atomic E-state index is -0.663. The van der Waals surface area contributed by atoms with Gasteiger partial charge in [-0.3, -0.25) is 4.79 Å². The molecule has 0 aliphatic heterocycles. The van der Waals surface area contributed by atoms with E-state index in [1.165, 1.54) is 14.2 Å². The lowest BCUT2D eigenvalue weighted by atomic mass is 10.1. The van der Waals surface area contributed by atoms with E-state index in [0.717, 1.165) is 28.7 Å². The highest BCUT2D eigenvalue weighted by Crippen LogP contribution is 2.34. The summed E-state index contributed by atoms with van der Waals surface area (Å²) in [6.45, 7) is 3.67. The summed E-state index contributed by atoms with van der Waals surface area (Å²) in [5, 5.41) is 12.1. The lowest BCUT2D eigenvalue weighted by Crippen LogP contribution is -2.16. The summed E-state index contributed by atoms with van der Waals surface area (Å²) in [7, 11) is 4.22. The average molecular weight is 539 g/mol. The SMILES string of the molecule is COC(=O)c1sc(NC(=O)CSc2nnc(COc3cc(C)ccc3Cl)n2C)c(C(=O)OC)c1C. The maximum Gasteiger partial charge on any atom is 0.348 e. The van der Waals surface area contributed by atoms with Crippen LogP contribution in [0.4, 0.5) is 5.00 Å². The number of nitrogens with zero attached hydrogens (tertiary/aromatic N) is 3. The van der Waals surface area contributed by atoms with Gasteiger partial charge in [0.25, 0.3) is 0 Å². The number of halogens is 1. The van der Waals surface area contributed by atoms with Gasteiger partial charge in [-0.2, -0.15) is 0 Å². The van der Waals surface area contributed by atoms with Crippen LogP contribution in [0.3, 0.4) is 0 Å². The number of amides is 1. The number of aromatic nitrogens is 3. The van der Waals surface area contributed by atoms with E-state index in [4.69, 9.17) is 25.8 Å². The fourth-order valence-electron chi connectivity index (χ4n) is 2.99. The van der Waals surface area contributed by atoms with Crippen LogP contribution in [0.1, 0.15) is 37.0 Å². The summed E-state index contributed by atoms with van der Waals surface area (Å²) in [4.78, 5) is 37.1. The third-order valence-electron chi connectivity index (χ3n) is 4.86. The van der Waals surface area contributed by atoms with Crippen LogP contribution in [0.2, 0.25) is 5.02 Å². The van der Waals surface area contributed by atoms with Crippen LogP contribution in [0, 0.1) is 13.8 Å². The topological polar surface area (TPSA) is 122 Å². The Balaban J connectivity index is 1.65. The van der Waals surface area contributed by atoms with Crippen molar-refractivity contribution in [2.45, 2.75) is 25.6 Å². The number of carbonyl (C=O) groups excluding carboxylic acids is 3. The van der Waals surface area contributed by atoms with Crippen molar-refractivity contribution < 1.29 is 28.6 Å². The number of nitrogens with one attached hydrogen (secondary N) is 1. The lowest BCUT2D eigenvalue weighted by Gasteiger charge is -2.09. The van der Waals surface area contributed by atoms with Crippen molar-refractivity contribution in [2.75, 3.05) is 25.3 Å². The Kier molecular flexibility index (Phi) is 8.76. The maximum atomic E-state index is 12.6. The Morgan fingerprint density at radius 3 is 2.54 bits per heavy atom. The van der Waals surface area contributed by atoms with Gasteiger partial charge in [0.05, 0.1) is 30.6 Å². The molecule has 0 saturated carbocycles. The van der Waals surface area contributed by atoms with Crippen molar-refractivity contribution in [3.8, 4) is 5.75 Å². The van der Waals surface area contributed by atoms with E-state index in [9.17, 15) is 14.4 Å². The maximum absolute atomic E-state index is 12.6. The molecule has 1 aromatic carbocycles.